The largest absolute Gasteiger partial charge is 0.452 e. The molecule has 0 spiro atoms. The van der Waals surface area contributed by atoms with E-state index in [1.807, 2.05) is 24.3 Å². The second-order valence-corrected chi connectivity index (χ2v) is 7.75. The maximum absolute atomic E-state index is 12.7. The maximum atomic E-state index is 12.7. The summed E-state index contributed by atoms with van der Waals surface area (Å²) in [6, 6.07) is 17.4. The van der Waals surface area contributed by atoms with E-state index >= 15 is 0 Å². The van der Waals surface area contributed by atoms with Crippen molar-refractivity contribution in [2.75, 3.05) is 0 Å². The molecule has 29 heavy (non-hydrogen) atoms. The highest BCUT2D eigenvalue weighted by molar-refractivity contribution is 9.10. The lowest BCUT2D eigenvalue weighted by Gasteiger charge is -2.10. The Bertz CT molecular complexity index is 1170. The van der Waals surface area contributed by atoms with E-state index in [0.717, 1.165) is 10.0 Å². The molecule has 0 aromatic heterocycles. The summed E-state index contributed by atoms with van der Waals surface area (Å²) in [5, 5.41) is 0.308. The van der Waals surface area contributed by atoms with Gasteiger partial charge in [0, 0.05) is 10.0 Å². The zero-order valence-corrected chi connectivity index (χ0v) is 17.6. The van der Waals surface area contributed by atoms with Crippen molar-refractivity contribution in [1.29, 1.82) is 0 Å². The van der Waals surface area contributed by atoms with E-state index in [9.17, 15) is 9.59 Å². The first-order chi connectivity index (χ1) is 13.9. The molecule has 0 aliphatic carbocycles. The minimum atomic E-state index is -0.575. The average molecular weight is 470 g/mol. The van der Waals surface area contributed by atoms with E-state index in [4.69, 9.17) is 21.1 Å². The fourth-order valence-electron chi connectivity index (χ4n) is 2.97. The Morgan fingerprint density at radius 3 is 2.52 bits per heavy atom. The number of esters is 1. The van der Waals surface area contributed by atoms with Crippen LogP contribution in [-0.4, -0.2) is 11.8 Å². The van der Waals surface area contributed by atoms with Gasteiger partial charge in [-0.05, 0) is 55.0 Å². The first-order valence-corrected chi connectivity index (χ1v) is 9.91. The molecule has 3 aromatic carbocycles. The van der Waals surface area contributed by atoms with Crippen LogP contribution < -0.4 is 9.47 Å². The van der Waals surface area contributed by atoms with Crippen molar-refractivity contribution in [1.82, 2.24) is 0 Å². The Morgan fingerprint density at radius 1 is 1.07 bits per heavy atom. The molecule has 0 N–H and O–H groups in total. The lowest BCUT2D eigenvalue weighted by Crippen LogP contribution is -2.10. The molecule has 0 amide bonds. The molecule has 0 bridgehead atoms. The number of allylic oxidation sites excluding steroid dienone is 1. The second kappa shape index (κ2) is 7.85. The Hall–Kier alpha value is -2.89. The van der Waals surface area contributed by atoms with Crippen LogP contribution in [0.25, 0.3) is 6.08 Å². The van der Waals surface area contributed by atoms with Gasteiger partial charge in [-0.2, -0.15) is 0 Å². The highest BCUT2D eigenvalue weighted by atomic mass is 79.9. The Kier molecular flexibility index (Phi) is 5.26. The molecule has 144 valence electrons. The first kappa shape index (κ1) is 19.4. The van der Waals surface area contributed by atoms with Gasteiger partial charge in [-0.15, -0.1) is 0 Å². The van der Waals surface area contributed by atoms with Crippen LogP contribution in [0.3, 0.4) is 0 Å². The van der Waals surface area contributed by atoms with Crippen LogP contribution in [0.5, 0.6) is 11.5 Å². The average Bonchev–Trinajstić information content (AvgIpc) is 3.02. The molecule has 4 nitrogen and oxygen atoms in total. The number of halogens is 2. The van der Waals surface area contributed by atoms with Crippen LogP contribution in [0.15, 0.2) is 70.9 Å². The number of hydrogen-bond acceptors (Lipinski definition) is 4. The monoisotopic (exact) mass is 468 g/mol. The summed E-state index contributed by atoms with van der Waals surface area (Å²) in [5.74, 6) is 0.137. The molecule has 0 saturated heterocycles. The predicted molar refractivity (Wildman–Crippen MR) is 115 cm³/mol. The van der Waals surface area contributed by atoms with Gasteiger partial charge in [0.2, 0.25) is 5.78 Å². The minimum absolute atomic E-state index is 0.213. The Labute approximate surface area is 180 Å². The molecule has 3 aromatic rings. The molecule has 0 radical (unpaired) electrons. The van der Waals surface area contributed by atoms with Gasteiger partial charge < -0.3 is 9.47 Å². The lowest BCUT2D eigenvalue weighted by molar-refractivity contribution is 0.0733. The fourth-order valence-corrected chi connectivity index (χ4v) is 3.45. The van der Waals surface area contributed by atoms with Crippen LogP contribution in [0.4, 0.5) is 0 Å². The van der Waals surface area contributed by atoms with Crippen LogP contribution in [0.2, 0.25) is 5.02 Å². The molecule has 6 heteroatoms. The molecule has 4 rings (SSSR count). The van der Waals surface area contributed by atoms with Gasteiger partial charge in [0.05, 0.1) is 16.1 Å². The summed E-state index contributed by atoms with van der Waals surface area (Å²) in [6.45, 7) is 1.74. The van der Waals surface area contributed by atoms with Crippen LogP contribution in [0.1, 0.15) is 31.8 Å². The zero-order valence-electron chi connectivity index (χ0n) is 15.2. The van der Waals surface area contributed by atoms with E-state index in [0.29, 0.717) is 27.6 Å². The summed E-state index contributed by atoms with van der Waals surface area (Å²) < 4.78 is 12.3. The smallest absolute Gasteiger partial charge is 0.345 e. The van der Waals surface area contributed by atoms with Crippen LogP contribution in [-0.2, 0) is 0 Å². The summed E-state index contributed by atoms with van der Waals surface area (Å²) >= 11 is 9.45. The van der Waals surface area contributed by atoms with E-state index in [1.165, 1.54) is 0 Å². The SMILES string of the molecule is Cc1c(OC(=O)c2ccccc2Cl)ccc2c1O/C(=C\c1ccc(Br)cc1)C2=O. The van der Waals surface area contributed by atoms with E-state index < -0.39 is 5.97 Å². The van der Waals surface area contributed by atoms with E-state index in [-0.39, 0.29) is 17.1 Å². The third kappa shape index (κ3) is 3.84. The molecule has 1 heterocycles. The van der Waals surface area contributed by atoms with Crippen molar-refractivity contribution in [2.45, 2.75) is 6.92 Å². The van der Waals surface area contributed by atoms with Gasteiger partial charge in [-0.1, -0.05) is 51.8 Å². The molecule has 0 atom stereocenters. The van der Waals surface area contributed by atoms with Gasteiger partial charge in [-0.3, -0.25) is 4.79 Å². The van der Waals surface area contributed by atoms with E-state index in [1.54, 1.807) is 49.4 Å². The van der Waals surface area contributed by atoms with Crippen molar-refractivity contribution >= 4 is 45.4 Å². The number of Topliss-reactive ketones (excluding diaryl/α,β-unsaturated/α-hetero) is 1. The first-order valence-electron chi connectivity index (χ1n) is 8.74. The number of rotatable bonds is 3. The predicted octanol–water partition coefficient (Wildman–Crippen LogP) is 6.25. The number of ketones is 1. The number of ether oxygens (including phenoxy) is 2. The minimum Gasteiger partial charge on any atom is -0.452 e. The maximum Gasteiger partial charge on any atom is 0.345 e. The highest BCUT2D eigenvalue weighted by Gasteiger charge is 2.30. The van der Waals surface area contributed by atoms with Gasteiger partial charge >= 0.3 is 5.97 Å². The summed E-state index contributed by atoms with van der Waals surface area (Å²) in [4.78, 5) is 25.1. The molecule has 0 fully saturated rings. The molecule has 0 unspecified atom stereocenters. The van der Waals surface area contributed by atoms with Gasteiger partial charge in [-0.25, -0.2) is 4.79 Å². The van der Waals surface area contributed by atoms with Crippen molar-refractivity contribution in [3.05, 3.63) is 98.2 Å². The number of fused-ring (bicyclic) bond motifs is 1. The Balaban J connectivity index is 1.62. The van der Waals surface area contributed by atoms with Gasteiger partial charge in [0.25, 0.3) is 0 Å². The quantitative estimate of drug-likeness (QED) is 0.259. The third-order valence-electron chi connectivity index (χ3n) is 4.50. The molecule has 1 aliphatic rings. The molecular formula is C23H14BrClO4. The normalized spacial score (nSPS) is 13.9. The molecule has 0 saturated carbocycles. The summed E-state index contributed by atoms with van der Waals surface area (Å²) in [7, 11) is 0. The molecular weight excluding hydrogens is 456 g/mol. The summed E-state index contributed by atoms with van der Waals surface area (Å²) in [6.07, 6.45) is 1.68. The topological polar surface area (TPSA) is 52.6 Å². The van der Waals surface area contributed by atoms with Crippen molar-refractivity contribution in [3.63, 3.8) is 0 Å². The van der Waals surface area contributed by atoms with E-state index in [2.05, 4.69) is 15.9 Å². The Morgan fingerprint density at radius 2 is 1.79 bits per heavy atom. The number of hydrogen-bond donors (Lipinski definition) is 0. The number of carbonyl (C=O) groups excluding carboxylic acids is 2. The second-order valence-electron chi connectivity index (χ2n) is 6.43. The number of benzene rings is 3. The van der Waals surface area contributed by atoms with Crippen LogP contribution in [0, 0.1) is 6.92 Å². The van der Waals surface area contributed by atoms with Crippen molar-refractivity contribution < 1.29 is 19.1 Å². The number of carbonyl (C=O) groups is 2. The lowest BCUT2D eigenvalue weighted by atomic mass is 10.1. The van der Waals surface area contributed by atoms with Crippen LogP contribution >= 0.6 is 27.5 Å². The zero-order chi connectivity index (χ0) is 20.5. The third-order valence-corrected chi connectivity index (χ3v) is 5.36. The fraction of sp³-hybridized carbons (Fsp3) is 0.0435. The van der Waals surface area contributed by atoms with Crippen molar-refractivity contribution in [3.8, 4) is 11.5 Å². The molecule has 1 aliphatic heterocycles. The van der Waals surface area contributed by atoms with Gasteiger partial charge in [0.1, 0.15) is 11.5 Å². The standard InChI is InChI=1S/C23H14BrClO4/c1-13-19(29-23(27)16-4-2-3-5-18(16)25)11-10-17-21(26)20(28-22(13)17)12-14-6-8-15(24)9-7-14/h2-12H,1H3/b20-12-. The summed E-state index contributed by atoms with van der Waals surface area (Å²) in [5.41, 5.74) is 2.10. The van der Waals surface area contributed by atoms with Crippen molar-refractivity contribution in [2.24, 2.45) is 0 Å². The highest BCUT2D eigenvalue weighted by Crippen LogP contribution is 2.39. The van der Waals surface area contributed by atoms with Gasteiger partial charge in [0.15, 0.2) is 5.76 Å².